The van der Waals surface area contributed by atoms with Crippen LogP contribution in [0.5, 0.6) is 0 Å². The second-order valence-corrected chi connectivity index (χ2v) is 10.4. The van der Waals surface area contributed by atoms with E-state index in [1.165, 1.54) is 16.4 Å². The topological polar surface area (TPSA) is 57.6 Å². The van der Waals surface area contributed by atoms with Crippen molar-refractivity contribution in [1.82, 2.24) is 4.31 Å². The van der Waals surface area contributed by atoms with Gasteiger partial charge >= 0.3 is 0 Å². The van der Waals surface area contributed by atoms with Crippen LogP contribution >= 0.6 is 11.6 Å². The van der Waals surface area contributed by atoms with Gasteiger partial charge in [-0.2, -0.15) is 4.31 Å². The molecular formula is C21H22ClF2NO3S. The molecule has 2 atom stereocenters. The van der Waals surface area contributed by atoms with E-state index in [1.807, 2.05) is 6.92 Å². The van der Waals surface area contributed by atoms with E-state index in [-0.39, 0.29) is 46.8 Å². The molecule has 4 nitrogen and oxygen atoms in total. The first kappa shape index (κ1) is 20.7. The van der Waals surface area contributed by atoms with Gasteiger partial charge in [-0.15, -0.1) is 0 Å². The number of hydrogen-bond acceptors (Lipinski definition) is 3. The third-order valence-corrected chi connectivity index (χ3v) is 8.45. The Labute approximate surface area is 174 Å². The zero-order valence-corrected chi connectivity index (χ0v) is 17.5. The Morgan fingerprint density at radius 3 is 2.38 bits per heavy atom. The minimum Gasteiger partial charge on any atom is -0.389 e. The lowest BCUT2D eigenvalue weighted by molar-refractivity contribution is -0.0290. The van der Waals surface area contributed by atoms with Gasteiger partial charge in [-0.1, -0.05) is 23.7 Å². The monoisotopic (exact) mass is 441 g/mol. The van der Waals surface area contributed by atoms with Gasteiger partial charge < -0.3 is 5.11 Å². The molecule has 0 aliphatic carbocycles. The molecule has 0 spiro atoms. The second-order valence-electron chi connectivity index (χ2n) is 8.20. The number of aryl methyl sites for hydroxylation is 1. The number of halogens is 3. The Balaban J connectivity index is 1.60. The van der Waals surface area contributed by atoms with Crippen LogP contribution in [-0.4, -0.2) is 35.5 Å². The van der Waals surface area contributed by atoms with E-state index < -0.39 is 27.3 Å². The maximum Gasteiger partial charge on any atom is 0.245 e. The molecule has 2 aliphatic rings. The average Bonchev–Trinajstić information content (AvgIpc) is 2.91. The number of rotatable bonds is 4. The van der Waals surface area contributed by atoms with Crippen LogP contribution in [0.4, 0.5) is 8.78 Å². The minimum absolute atomic E-state index is 0.0191. The molecule has 0 radical (unpaired) electrons. The van der Waals surface area contributed by atoms with Gasteiger partial charge in [0.2, 0.25) is 10.0 Å². The summed E-state index contributed by atoms with van der Waals surface area (Å²) >= 11 is 6.22. The van der Waals surface area contributed by atoms with Crippen molar-refractivity contribution in [3.8, 4) is 0 Å². The number of sulfonamides is 1. The lowest BCUT2D eigenvalue weighted by Crippen LogP contribution is -2.54. The molecular weight excluding hydrogens is 420 g/mol. The van der Waals surface area contributed by atoms with Crippen LogP contribution in [-0.2, 0) is 16.4 Å². The highest BCUT2D eigenvalue weighted by molar-refractivity contribution is 7.89. The first-order valence-electron chi connectivity index (χ1n) is 9.55. The van der Waals surface area contributed by atoms with Crippen LogP contribution in [0.25, 0.3) is 0 Å². The number of aliphatic hydroxyl groups is 1. The van der Waals surface area contributed by atoms with Crippen molar-refractivity contribution in [3.63, 3.8) is 0 Å². The van der Waals surface area contributed by atoms with Gasteiger partial charge in [0, 0.05) is 24.6 Å². The molecule has 8 heteroatoms. The maximum absolute atomic E-state index is 14.1. The predicted molar refractivity (Wildman–Crippen MR) is 106 cm³/mol. The van der Waals surface area contributed by atoms with E-state index in [1.54, 1.807) is 12.1 Å². The Morgan fingerprint density at radius 2 is 1.79 bits per heavy atom. The number of fused-ring (bicyclic) bond motifs is 2. The van der Waals surface area contributed by atoms with E-state index in [9.17, 15) is 22.3 Å². The van der Waals surface area contributed by atoms with Crippen molar-refractivity contribution in [1.29, 1.82) is 0 Å². The molecule has 0 amide bonds. The fourth-order valence-corrected chi connectivity index (χ4v) is 7.21. The number of piperidine rings is 1. The van der Waals surface area contributed by atoms with Gasteiger partial charge in [0.05, 0.1) is 10.6 Å². The van der Waals surface area contributed by atoms with Gasteiger partial charge in [-0.3, -0.25) is 0 Å². The zero-order valence-electron chi connectivity index (χ0n) is 15.9. The molecule has 29 heavy (non-hydrogen) atoms. The third kappa shape index (κ3) is 3.81. The normalized spacial score (nSPS) is 27.3. The molecule has 2 saturated heterocycles. The molecule has 156 valence electrons. The van der Waals surface area contributed by atoms with E-state index in [2.05, 4.69) is 0 Å². The lowest BCUT2D eigenvalue weighted by Gasteiger charge is -2.43. The summed E-state index contributed by atoms with van der Waals surface area (Å²) in [5, 5.41) is 11.3. The molecule has 2 aromatic rings. The standard InChI is InChI=1S/C21H22ClF2NO3S/c1-13-2-7-20(18(22)8-13)29(27,28)25-16-5-6-17(25)12-21(26,11-16)10-14-3-4-15(23)9-19(14)24/h2-4,7-9,16-17,26H,5-6,10-12H2,1H3. The molecule has 2 fully saturated rings. The van der Waals surface area contributed by atoms with E-state index >= 15 is 0 Å². The average molecular weight is 442 g/mol. The van der Waals surface area contributed by atoms with Crippen LogP contribution in [0.1, 0.15) is 36.8 Å². The van der Waals surface area contributed by atoms with Crippen molar-refractivity contribution in [2.24, 2.45) is 0 Å². The van der Waals surface area contributed by atoms with Crippen molar-refractivity contribution in [3.05, 3.63) is 64.2 Å². The smallest absolute Gasteiger partial charge is 0.245 e. The highest BCUT2D eigenvalue weighted by Gasteiger charge is 2.52. The SMILES string of the molecule is Cc1ccc(S(=O)(=O)N2C3CCC2CC(O)(Cc2ccc(F)cc2F)C3)c(Cl)c1. The third-order valence-electron chi connectivity index (χ3n) is 5.96. The molecule has 2 aliphatic heterocycles. The van der Waals surface area contributed by atoms with Gasteiger partial charge in [0.15, 0.2) is 0 Å². The van der Waals surface area contributed by atoms with E-state index in [0.717, 1.165) is 17.7 Å². The quantitative estimate of drug-likeness (QED) is 0.773. The Hall–Kier alpha value is -1.54. The molecule has 2 bridgehead atoms. The fourth-order valence-electron chi connectivity index (χ4n) is 4.77. The summed E-state index contributed by atoms with van der Waals surface area (Å²) < 4.78 is 55.3. The maximum atomic E-state index is 14.1. The summed E-state index contributed by atoms with van der Waals surface area (Å²) in [6, 6.07) is 7.36. The van der Waals surface area contributed by atoms with Gasteiger partial charge in [0.25, 0.3) is 0 Å². The summed E-state index contributed by atoms with van der Waals surface area (Å²) in [5.74, 6) is -1.37. The summed E-state index contributed by atoms with van der Waals surface area (Å²) in [5.41, 5.74) is -0.148. The molecule has 1 N–H and O–H groups in total. The molecule has 2 unspecified atom stereocenters. The Bertz CT molecular complexity index is 1050. The van der Waals surface area contributed by atoms with Crippen LogP contribution in [0.2, 0.25) is 5.02 Å². The highest BCUT2D eigenvalue weighted by atomic mass is 35.5. The zero-order chi connectivity index (χ0) is 21.0. The number of nitrogens with zero attached hydrogens (tertiary/aromatic N) is 1. The summed E-state index contributed by atoms with van der Waals surface area (Å²) in [7, 11) is -3.82. The Morgan fingerprint density at radius 1 is 1.14 bits per heavy atom. The molecule has 0 saturated carbocycles. The van der Waals surface area contributed by atoms with Crippen molar-refractivity contribution in [2.45, 2.75) is 61.6 Å². The molecule has 2 heterocycles. The lowest BCUT2D eigenvalue weighted by atomic mass is 9.82. The second kappa shape index (κ2) is 7.30. The molecule has 2 aromatic carbocycles. The summed E-state index contributed by atoms with van der Waals surface area (Å²) in [6.45, 7) is 1.83. The van der Waals surface area contributed by atoms with Gasteiger partial charge in [-0.25, -0.2) is 17.2 Å². The van der Waals surface area contributed by atoms with Crippen molar-refractivity contribution >= 4 is 21.6 Å². The van der Waals surface area contributed by atoms with Crippen molar-refractivity contribution in [2.75, 3.05) is 0 Å². The summed E-state index contributed by atoms with van der Waals surface area (Å²) in [4.78, 5) is 0.0664. The number of benzene rings is 2. The van der Waals surface area contributed by atoms with Crippen LogP contribution < -0.4 is 0 Å². The number of hydrogen-bond donors (Lipinski definition) is 1. The summed E-state index contributed by atoms with van der Waals surface area (Å²) in [6.07, 6.45) is 1.67. The van der Waals surface area contributed by atoms with Crippen LogP contribution in [0.15, 0.2) is 41.3 Å². The van der Waals surface area contributed by atoms with E-state index in [4.69, 9.17) is 11.6 Å². The largest absolute Gasteiger partial charge is 0.389 e. The van der Waals surface area contributed by atoms with Gasteiger partial charge in [-0.05, 0) is 61.9 Å². The first-order valence-corrected chi connectivity index (χ1v) is 11.4. The van der Waals surface area contributed by atoms with Crippen LogP contribution in [0, 0.1) is 18.6 Å². The Kier molecular flexibility index (Phi) is 5.22. The van der Waals surface area contributed by atoms with Crippen LogP contribution in [0.3, 0.4) is 0 Å². The first-order chi connectivity index (χ1) is 13.6. The molecule has 4 rings (SSSR count). The van der Waals surface area contributed by atoms with E-state index in [0.29, 0.717) is 12.8 Å². The predicted octanol–water partition coefficient (Wildman–Crippen LogP) is 4.22. The minimum atomic E-state index is -3.82. The van der Waals surface area contributed by atoms with Crippen molar-refractivity contribution < 1.29 is 22.3 Å². The fraction of sp³-hybridized carbons (Fsp3) is 0.429. The highest BCUT2D eigenvalue weighted by Crippen LogP contribution is 2.45. The molecule has 0 aromatic heterocycles. The van der Waals surface area contributed by atoms with Gasteiger partial charge in [0.1, 0.15) is 16.5 Å².